The van der Waals surface area contributed by atoms with Crippen molar-refractivity contribution in [2.24, 2.45) is 4.99 Å². The Morgan fingerprint density at radius 3 is 2.19 bits per heavy atom. The number of guanidine groups is 1. The number of ether oxygens (including phenoxy) is 4. The molecule has 0 amide bonds. The molecule has 2 aromatic carbocycles. The van der Waals surface area contributed by atoms with Crippen molar-refractivity contribution in [1.82, 2.24) is 10.6 Å². The molecule has 9 heteroatoms. The minimum atomic E-state index is -0.102. The summed E-state index contributed by atoms with van der Waals surface area (Å²) in [4.78, 5) is 4.65. The molecular weight excluding hydrogens is 533 g/mol. The first-order valence-corrected chi connectivity index (χ1v) is 10.1. The van der Waals surface area contributed by atoms with E-state index in [0.717, 1.165) is 12.1 Å². The van der Waals surface area contributed by atoms with Gasteiger partial charge in [0.15, 0.2) is 17.5 Å². The molecule has 0 radical (unpaired) electrons. The number of methoxy groups -OCH3 is 3. The zero-order chi connectivity index (χ0) is 21.9. The molecule has 0 aliphatic heterocycles. The Morgan fingerprint density at radius 2 is 1.65 bits per heavy atom. The molecule has 0 bridgehead atoms. The van der Waals surface area contributed by atoms with Gasteiger partial charge in [-0.05, 0) is 43.7 Å². The molecule has 2 rings (SSSR count). The van der Waals surface area contributed by atoms with Crippen molar-refractivity contribution in [3.05, 3.63) is 47.0 Å². The number of aliphatic imine (C=N–C) groups is 1. The number of rotatable bonds is 10. The van der Waals surface area contributed by atoms with Crippen molar-refractivity contribution in [1.29, 1.82) is 0 Å². The van der Waals surface area contributed by atoms with E-state index >= 15 is 0 Å². The summed E-state index contributed by atoms with van der Waals surface area (Å²) in [6, 6.07) is 11.2. The zero-order valence-electron chi connectivity index (χ0n) is 18.5. The van der Waals surface area contributed by atoms with Gasteiger partial charge in [-0.15, -0.1) is 24.0 Å². The highest BCUT2D eigenvalue weighted by Crippen LogP contribution is 2.38. The van der Waals surface area contributed by atoms with Crippen LogP contribution in [0.3, 0.4) is 0 Å². The van der Waals surface area contributed by atoms with Crippen molar-refractivity contribution >= 4 is 41.5 Å². The maximum atomic E-state index is 6.16. The Balaban J connectivity index is 0.00000480. The van der Waals surface area contributed by atoms with Gasteiger partial charge in [-0.1, -0.05) is 23.7 Å². The summed E-state index contributed by atoms with van der Waals surface area (Å²) in [5.41, 5.74) is 0.932. The molecule has 0 aromatic heterocycles. The van der Waals surface area contributed by atoms with Crippen molar-refractivity contribution < 1.29 is 18.9 Å². The summed E-state index contributed by atoms with van der Waals surface area (Å²) in [5.74, 6) is 3.10. The van der Waals surface area contributed by atoms with E-state index in [-0.39, 0.29) is 30.1 Å². The van der Waals surface area contributed by atoms with Gasteiger partial charge < -0.3 is 29.6 Å². The van der Waals surface area contributed by atoms with Crippen LogP contribution in [-0.4, -0.2) is 46.5 Å². The standard InChI is InChI=1S/C22H30ClN3O4.HI/c1-6-24-22(25-13-15(2)30-18-10-8-7-9-17(18)23)26-14-16-11-19(27-3)21(29-5)20(12-16)28-4;/h7-12,15H,6,13-14H2,1-5H3,(H2,24,25,26);1H. The second-order valence-electron chi connectivity index (χ2n) is 6.47. The Labute approximate surface area is 206 Å². The molecule has 2 aromatic rings. The minimum Gasteiger partial charge on any atom is -0.493 e. The van der Waals surface area contributed by atoms with E-state index in [0.29, 0.717) is 47.1 Å². The largest absolute Gasteiger partial charge is 0.493 e. The number of halogens is 2. The number of hydrogen-bond acceptors (Lipinski definition) is 5. The molecule has 0 saturated heterocycles. The molecule has 0 saturated carbocycles. The van der Waals surface area contributed by atoms with Crippen LogP contribution in [0.25, 0.3) is 0 Å². The summed E-state index contributed by atoms with van der Waals surface area (Å²) in [6.45, 7) is 5.72. The lowest BCUT2D eigenvalue weighted by Crippen LogP contribution is -2.41. The number of nitrogens with zero attached hydrogens (tertiary/aromatic N) is 1. The molecule has 31 heavy (non-hydrogen) atoms. The van der Waals surface area contributed by atoms with Gasteiger partial charge in [0.1, 0.15) is 11.9 Å². The molecule has 2 N–H and O–H groups in total. The number of nitrogens with one attached hydrogen (secondary N) is 2. The second kappa shape index (κ2) is 14.1. The minimum absolute atomic E-state index is 0. The first-order chi connectivity index (χ1) is 14.5. The van der Waals surface area contributed by atoms with Gasteiger partial charge in [0.2, 0.25) is 5.75 Å². The van der Waals surface area contributed by atoms with E-state index in [2.05, 4.69) is 15.6 Å². The smallest absolute Gasteiger partial charge is 0.203 e. The Hall–Kier alpha value is -2.07. The van der Waals surface area contributed by atoms with Crippen LogP contribution in [0, 0.1) is 0 Å². The molecule has 0 spiro atoms. The molecule has 172 valence electrons. The van der Waals surface area contributed by atoms with Gasteiger partial charge in [0, 0.05) is 6.54 Å². The summed E-state index contributed by atoms with van der Waals surface area (Å²) in [6.07, 6.45) is -0.102. The third kappa shape index (κ3) is 8.17. The normalized spacial score (nSPS) is 11.7. The summed E-state index contributed by atoms with van der Waals surface area (Å²) >= 11 is 6.16. The monoisotopic (exact) mass is 563 g/mol. The highest BCUT2D eigenvalue weighted by atomic mass is 127. The van der Waals surface area contributed by atoms with Gasteiger partial charge in [0.05, 0.1) is 39.4 Å². The quantitative estimate of drug-likeness (QED) is 0.252. The number of benzene rings is 2. The lowest BCUT2D eigenvalue weighted by Gasteiger charge is -2.18. The first-order valence-electron chi connectivity index (χ1n) is 9.74. The second-order valence-corrected chi connectivity index (χ2v) is 6.88. The van der Waals surface area contributed by atoms with E-state index in [1.54, 1.807) is 27.4 Å². The Bertz CT molecular complexity index is 826. The van der Waals surface area contributed by atoms with Gasteiger partial charge >= 0.3 is 0 Å². The fraction of sp³-hybridized carbons (Fsp3) is 0.409. The van der Waals surface area contributed by atoms with Gasteiger partial charge in [0.25, 0.3) is 0 Å². The molecule has 1 atom stereocenters. The highest BCUT2D eigenvalue weighted by Gasteiger charge is 2.13. The average molecular weight is 564 g/mol. The van der Waals surface area contributed by atoms with Crippen LogP contribution in [0.5, 0.6) is 23.0 Å². The summed E-state index contributed by atoms with van der Waals surface area (Å²) < 4.78 is 22.1. The fourth-order valence-electron chi connectivity index (χ4n) is 2.78. The SMILES string of the molecule is CCNC(=NCc1cc(OC)c(OC)c(OC)c1)NCC(C)Oc1ccccc1Cl.I. The van der Waals surface area contributed by atoms with E-state index in [1.807, 2.05) is 44.2 Å². The van der Waals surface area contributed by atoms with E-state index < -0.39 is 0 Å². The molecular formula is C22H31ClIN3O4. The predicted octanol–water partition coefficient (Wildman–Crippen LogP) is 4.51. The maximum absolute atomic E-state index is 6.16. The number of hydrogen-bond donors (Lipinski definition) is 2. The number of para-hydroxylation sites is 1. The van der Waals surface area contributed by atoms with Crippen LogP contribution < -0.4 is 29.6 Å². The average Bonchev–Trinajstić information content (AvgIpc) is 2.76. The molecule has 7 nitrogen and oxygen atoms in total. The lowest BCUT2D eigenvalue weighted by atomic mass is 10.2. The molecule has 0 fully saturated rings. The zero-order valence-corrected chi connectivity index (χ0v) is 21.6. The molecule has 1 unspecified atom stereocenters. The highest BCUT2D eigenvalue weighted by molar-refractivity contribution is 14.0. The van der Waals surface area contributed by atoms with Gasteiger partial charge in [-0.3, -0.25) is 0 Å². The molecule has 0 heterocycles. The predicted molar refractivity (Wildman–Crippen MR) is 136 cm³/mol. The fourth-order valence-corrected chi connectivity index (χ4v) is 2.96. The van der Waals surface area contributed by atoms with Crippen molar-refractivity contribution in [3.63, 3.8) is 0 Å². The Morgan fingerprint density at radius 1 is 1.00 bits per heavy atom. The van der Waals surface area contributed by atoms with Crippen molar-refractivity contribution in [2.75, 3.05) is 34.4 Å². The van der Waals surface area contributed by atoms with E-state index in [9.17, 15) is 0 Å². The topological polar surface area (TPSA) is 73.3 Å². The van der Waals surface area contributed by atoms with Crippen molar-refractivity contribution in [2.45, 2.75) is 26.5 Å². The summed E-state index contributed by atoms with van der Waals surface area (Å²) in [7, 11) is 4.77. The van der Waals surface area contributed by atoms with E-state index in [1.165, 1.54) is 0 Å². The van der Waals surface area contributed by atoms with E-state index in [4.69, 9.17) is 30.5 Å². The Kier molecular flexibility index (Phi) is 12.2. The lowest BCUT2D eigenvalue weighted by molar-refractivity contribution is 0.224. The van der Waals surface area contributed by atoms with Crippen LogP contribution in [0.15, 0.2) is 41.4 Å². The van der Waals surface area contributed by atoms with Crippen LogP contribution in [-0.2, 0) is 6.54 Å². The molecule has 0 aliphatic rings. The van der Waals surface area contributed by atoms with Gasteiger partial charge in [-0.25, -0.2) is 4.99 Å². The van der Waals surface area contributed by atoms with Gasteiger partial charge in [-0.2, -0.15) is 0 Å². The van der Waals surface area contributed by atoms with Crippen LogP contribution in [0.2, 0.25) is 5.02 Å². The van der Waals surface area contributed by atoms with Crippen LogP contribution in [0.1, 0.15) is 19.4 Å². The summed E-state index contributed by atoms with van der Waals surface area (Å²) in [5, 5.41) is 7.12. The maximum Gasteiger partial charge on any atom is 0.203 e. The third-order valence-electron chi connectivity index (χ3n) is 4.21. The first kappa shape index (κ1) is 27.0. The third-order valence-corrected chi connectivity index (χ3v) is 4.52. The van der Waals surface area contributed by atoms with Crippen molar-refractivity contribution in [3.8, 4) is 23.0 Å². The van der Waals surface area contributed by atoms with Crippen LogP contribution in [0.4, 0.5) is 0 Å². The molecule has 0 aliphatic carbocycles. The van der Waals surface area contributed by atoms with Crippen LogP contribution >= 0.6 is 35.6 Å².